The van der Waals surface area contributed by atoms with Crippen LogP contribution >= 0.6 is 39.3 Å². The Labute approximate surface area is 139 Å². The van der Waals surface area contributed by atoms with Crippen molar-refractivity contribution < 1.29 is 14.6 Å². The molecular formula is C14H11BrClNO3S. The summed E-state index contributed by atoms with van der Waals surface area (Å²) < 4.78 is 6.44. The second-order valence-electron chi connectivity index (χ2n) is 3.96. The molecule has 1 N–H and O–H groups in total. The molecule has 0 saturated carbocycles. The highest BCUT2D eigenvalue weighted by atomic mass is 79.9. The first-order chi connectivity index (χ1) is 10.1. The molecule has 1 aromatic carbocycles. The minimum absolute atomic E-state index is 0.181. The Morgan fingerprint density at radius 3 is 2.81 bits per heavy atom. The number of aromatic nitrogens is 1. The molecule has 0 fully saturated rings. The van der Waals surface area contributed by atoms with Crippen molar-refractivity contribution in [2.24, 2.45) is 0 Å². The number of halogens is 2. The topological polar surface area (TPSA) is 59.4 Å². The maximum Gasteiger partial charge on any atom is 0.337 e. The van der Waals surface area contributed by atoms with E-state index in [1.807, 2.05) is 0 Å². The lowest BCUT2D eigenvalue weighted by Gasteiger charge is -2.08. The second-order valence-corrected chi connectivity index (χ2v) is 6.37. The molecule has 1 aromatic heterocycles. The van der Waals surface area contributed by atoms with E-state index in [4.69, 9.17) is 21.4 Å². The Balaban J connectivity index is 1.80. The zero-order valence-corrected chi connectivity index (χ0v) is 13.9. The molecule has 0 unspecified atom stereocenters. The van der Waals surface area contributed by atoms with E-state index in [9.17, 15) is 4.79 Å². The summed E-state index contributed by atoms with van der Waals surface area (Å²) in [6.45, 7) is 0.507. The van der Waals surface area contributed by atoms with Crippen LogP contribution in [0, 0.1) is 0 Å². The molecule has 2 aromatic rings. The minimum Gasteiger partial charge on any atom is -0.492 e. The Bertz CT molecular complexity index is 637. The van der Waals surface area contributed by atoms with Crippen LogP contribution in [0.4, 0.5) is 0 Å². The zero-order chi connectivity index (χ0) is 15.2. The van der Waals surface area contributed by atoms with E-state index >= 15 is 0 Å². The van der Waals surface area contributed by atoms with Gasteiger partial charge in [0, 0.05) is 17.0 Å². The summed E-state index contributed by atoms with van der Waals surface area (Å²) in [6, 6.07) is 8.56. The van der Waals surface area contributed by atoms with Crippen molar-refractivity contribution in [2.45, 2.75) is 5.03 Å². The lowest BCUT2D eigenvalue weighted by atomic mass is 10.3. The number of carboxylic acid groups (broad SMARTS) is 1. The number of rotatable bonds is 6. The van der Waals surface area contributed by atoms with E-state index in [1.54, 1.807) is 24.3 Å². The molecule has 110 valence electrons. The van der Waals surface area contributed by atoms with Crippen molar-refractivity contribution >= 4 is 45.3 Å². The van der Waals surface area contributed by atoms with Gasteiger partial charge in [-0.1, -0.05) is 11.6 Å². The van der Waals surface area contributed by atoms with Crippen molar-refractivity contribution in [1.29, 1.82) is 0 Å². The summed E-state index contributed by atoms with van der Waals surface area (Å²) in [7, 11) is 0. The standard InChI is InChI=1S/C14H11BrClNO3S/c15-11-7-10(16)2-3-12(11)20-5-6-21-13-4-1-9(8-17-13)14(18)19/h1-4,7-8H,5-6H2,(H,18,19). The Morgan fingerprint density at radius 1 is 1.38 bits per heavy atom. The van der Waals surface area contributed by atoms with Crippen LogP contribution < -0.4 is 4.74 Å². The molecule has 0 aliphatic carbocycles. The molecule has 7 heteroatoms. The van der Waals surface area contributed by atoms with Crippen molar-refractivity contribution in [3.05, 3.63) is 51.6 Å². The molecule has 0 aliphatic heterocycles. The number of benzene rings is 1. The molecule has 0 radical (unpaired) electrons. The summed E-state index contributed by atoms with van der Waals surface area (Å²) in [5.41, 5.74) is 0.181. The molecule has 21 heavy (non-hydrogen) atoms. The van der Waals surface area contributed by atoms with Crippen molar-refractivity contribution in [1.82, 2.24) is 4.98 Å². The van der Waals surface area contributed by atoms with Crippen LogP contribution in [0.3, 0.4) is 0 Å². The fourth-order valence-electron chi connectivity index (χ4n) is 1.48. The fraction of sp³-hybridized carbons (Fsp3) is 0.143. The summed E-state index contributed by atoms with van der Waals surface area (Å²) in [5.74, 6) is 0.457. The van der Waals surface area contributed by atoms with Crippen molar-refractivity contribution in [2.75, 3.05) is 12.4 Å². The van der Waals surface area contributed by atoms with Crippen LogP contribution in [-0.2, 0) is 0 Å². The lowest BCUT2D eigenvalue weighted by Crippen LogP contribution is -2.01. The van der Waals surface area contributed by atoms with Crippen molar-refractivity contribution in [3.63, 3.8) is 0 Å². The number of aromatic carboxylic acids is 1. The van der Waals surface area contributed by atoms with E-state index in [0.29, 0.717) is 17.4 Å². The zero-order valence-electron chi connectivity index (χ0n) is 10.8. The molecule has 1 heterocycles. The van der Waals surface area contributed by atoms with Gasteiger partial charge in [-0.2, -0.15) is 0 Å². The van der Waals surface area contributed by atoms with Gasteiger partial charge in [-0.25, -0.2) is 9.78 Å². The van der Waals surface area contributed by atoms with Crippen LogP contribution in [0.2, 0.25) is 5.02 Å². The number of ether oxygens (including phenoxy) is 1. The summed E-state index contributed by atoms with van der Waals surface area (Å²) in [6.07, 6.45) is 1.35. The molecule has 0 amide bonds. The molecule has 0 spiro atoms. The molecule has 0 saturated heterocycles. The highest BCUT2D eigenvalue weighted by Crippen LogP contribution is 2.28. The van der Waals surface area contributed by atoms with Gasteiger partial charge < -0.3 is 9.84 Å². The number of carboxylic acids is 1. The van der Waals surface area contributed by atoms with Crippen molar-refractivity contribution in [3.8, 4) is 5.75 Å². The average Bonchev–Trinajstić information content (AvgIpc) is 2.46. The summed E-state index contributed by atoms with van der Waals surface area (Å²) >= 11 is 10.7. The van der Waals surface area contributed by atoms with E-state index in [1.165, 1.54) is 24.0 Å². The van der Waals surface area contributed by atoms with Crippen LogP contribution in [0.15, 0.2) is 46.0 Å². The predicted octanol–water partition coefficient (Wildman–Crippen LogP) is 4.37. The molecule has 0 atom stereocenters. The number of carbonyl (C=O) groups is 1. The highest BCUT2D eigenvalue weighted by molar-refractivity contribution is 9.10. The average molecular weight is 389 g/mol. The summed E-state index contributed by atoms with van der Waals surface area (Å²) in [4.78, 5) is 14.8. The van der Waals surface area contributed by atoms with Gasteiger partial charge in [0.05, 0.1) is 21.7 Å². The van der Waals surface area contributed by atoms with E-state index in [2.05, 4.69) is 20.9 Å². The van der Waals surface area contributed by atoms with Crippen LogP contribution in [0.1, 0.15) is 10.4 Å². The van der Waals surface area contributed by atoms with Gasteiger partial charge in [0.15, 0.2) is 0 Å². The predicted molar refractivity (Wildman–Crippen MR) is 86.6 cm³/mol. The van der Waals surface area contributed by atoms with Crippen LogP contribution in [-0.4, -0.2) is 28.4 Å². The highest BCUT2D eigenvalue weighted by Gasteiger charge is 2.04. The first-order valence-electron chi connectivity index (χ1n) is 5.96. The summed E-state index contributed by atoms with van der Waals surface area (Å²) in [5, 5.41) is 10.2. The first-order valence-corrected chi connectivity index (χ1v) is 8.12. The van der Waals surface area contributed by atoms with E-state index in [-0.39, 0.29) is 5.56 Å². The van der Waals surface area contributed by atoms with Gasteiger partial charge in [-0.15, -0.1) is 11.8 Å². The van der Waals surface area contributed by atoms with Gasteiger partial charge in [0.2, 0.25) is 0 Å². The number of thioether (sulfide) groups is 1. The van der Waals surface area contributed by atoms with Crippen LogP contribution in [0.5, 0.6) is 5.75 Å². The lowest BCUT2D eigenvalue weighted by molar-refractivity contribution is 0.0696. The Hall–Kier alpha value is -1.24. The molecule has 2 rings (SSSR count). The maximum atomic E-state index is 10.7. The smallest absolute Gasteiger partial charge is 0.337 e. The monoisotopic (exact) mass is 387 g/mol. The minimum atomic E-state index is -0.977. The van der Waals surface area contributed by atoms with Gasteiger partial charge in [-0.3, -0.25) is 0 Å². The number of nitrogens with zero attached hydrogens (tertiary/aromatic N) is 1. The normalized spacial score (nSPS) is 10.4. The third kappa shape index (κ3) is 4.91. The van der Waals surface area contributed by atoms with Crippen LogP contribution in [0.25, 0.3) is 0 Å². The molecular weight excluding hydrogens is 378 g/mol. The van der Waals surface area contributed by atoms with Gasteiger partial charge in [0.25, 0.3) is 0 Å². The second kappa shape index (κ2) is 7.68. The number of hydrogen-bond acceptors (Lipinski definition) is 4. The third-order valence-electron chi connectivity index (χ3n) is 2.47. The van der Waals surface area contributed by atoms with E-state index < -0.39 is 5.97 Å². The van der Waals surface area contributed by atoms with Gasteiger partial charge >= 0.3 is 5.97 Å². The molecule has 4 nitrogen and oxygen atoms in total. The number of hydrogen-bond donors (Lipinski definition) is 1. The van der Waals surface area contributed by atoms with E-state index in [0.717, 1.165) is 15.2 Å². The third-order valence-corrected chi connectivity index (χ3v) is 4.23. The first kappa shape index (κ1) is 16.1. The van der Waals surface area contributed by atoms with Gasteiger partial charge in [0.1, 0.15) is 5.75 Å². The number of pyridine rings is 1. The molecule has 0 aliphatic rings. The Kier molecular flexibility index (Phi) is 5.90. The molecule has 0 bridgehead atoms. The largest absolute Gasteiger partial charge is 0.492 e. The Morgan fingerprint density at radius 2 is 2.19 bits per heavy atom. The SMILES string of the molecule is O=C(O)c1ccc(SCCOc2ccc(Cl)cc2Br)nc1. The fourth-order valence-corrected chi connectivity index (χ4v) is 2.95. The maximum absolute atomic E-state index is 10.7. The quantitative estimate of drug-likeness (QED) is 0.588. The van der Waals surface area contributed by atoms with Gasteiger partial charge in [-0.05, 0) is 46.3 Å².